The van der Waals surface area contributed by atoms with E-state index in [0.29, 0.717) is 18.4 Å². The first-order valence-electron chi connectivity index (χ1n) is 5.04. The van der Waals surface area contributed by atoms with E-state index in [1.165, 1.54) is 0 Å². The van der Waals surface area contributed by atoms with Crippen LogP contribution in [0.25, 0.3) is 0 Å². The maximum absolute atomic E-state index is 5.62. The van der Waals surface area contributed by atoms with Crippen LogP contribution in [0.1, 0.15) is 11.3 Å². The van der Waals surface area contributed by atoms with E-state index in [2.05, 4.69) is 26.1 Å². The Kier molecular flexibility index (Phi) is 4.34. The Morgan fingerprint density at radius 3 is 2.41 bits per heavy atom. The molecule has 0 saturated heterocycles. The van der Waals surface area contributed by atoms with Crippen LogP contribution in [0.3, 0.4) is 0 Å². The van der Waals surface area contributed by atoms with Gasteiger partial charge in [-0.2, -0.15) is 5.10 Å². The number of halogens is 2. The number of aromatic nitrogens is 2. The van der Waals surface area contributed by atoms with Gasteiger partial charge in [-0.15, -0.1) is 16.7 Å². The predicted molar refractivity (Wildman–Crippen MR) is 70.1 cm³/mol. The van der Waals surface area contributed by atoms with Crippen molar-refractivity contribution < 1.29 is 4.74 Å². The molecular weight excluding hydrogens is 304 g/mol. The lowest BCUT2D eigenvalue weighted by molar-refractivity contribution is 0.290. The SMILES string of the molecule is ClCc1ccc(OCc2ccc(Br)cc2)nn1. The Morgan fingerprint density at radius 1 is 1.06 bits per heavy atom. The smallest absolute Gasteiger partial charge is 0.233 e. The quantitative estimate of drug-likeness (QED) is 0.810. The molecule has 0 unspecified atom stereocenters. The molecule has 17 heavy (non-hydrogen) atoms. The van der Waals surface area contributed by atoms with E-state index in [0.717, 1.165) is 15.7 Å². The van der Waals surface area contributed by atoms with Crippen LogP contribution >= 0.6 is 27.5 Å². The topological polar surface area (TPSA) is 35.0 Å². The molecule has 5 heteroatoms. The average Bonchev–Trinajstić information content (AvgIpc) is 2.39. The molecule has 2 aromatic rings. The summed E-state index contributed by atoms with van der Waals surface area (Å²) >= 11 is 9.00. The van der Waals surface area contributed by atoms with Crippen molar-refractivity contribution in [3.63, 3.8) is 0 Å². The standard InChI is InChI=1S/C12H10BrClN2O/c13-10-3-1-9(2-4-10)8-17-12-6-5-11(7-14)15-16-12/h1-6H,7-8H2. The van der Waals surface area contributed by atoms with Crippen molar-refractivity contribution in [3.8, 4) is 5.88 Å². The molecule has 88 valence electrons. The minimum absolute atomic E-state index is 0.361. The summed E-state index contributed by atoms with van der Waals surface area (Å²) in [5.41, 5.74) is 1.82. The van der Waals surface area contributed by atoms with E-state index in [9.17, 15) is 0 Å². The van der Waals surface area contributed by atoms with E-state index in [-0.39, 0.29) is 0 Å². The number of benzene rings is 1. The number of rotatable bonds is 4. The summed E-state index contributed by atoms with van der Waals surface area (Å²) in [5.74, 6) is 0.863. The van der Waals surface area contributed by atoms with Gasteiger partial charge < -0.3 is 4.74 Å². The van der Waals surface area contributed by atoms with Crippen molar-refractivity contribution in [2.24, 2.45) is 0 Å². The van der Waals surface area contributed by atoms with Gasteiger partial charge in [0.1, 0.15) is 6.61 Å². The van der Waals surface area contributed by atoms with Gasteiger partial charge in [0.2, 0.25) is 5.88 Å². The molecule has 1 aromatic carbocycles. The number of alkyl halides is 1. The van der Waals surface area contributed by atoms with E-state index in [1.807, 2.05) is 24.3 Å². The highest BCUT2D eigenvalue weighted by molar-refractivity contribution is 9.10. The van der Waals surface area contributed by atoms with E-state index in [1.54, 1.807) is 12.1 Å². The van der Waals surface area contributed by atoms with Gasteiger partial charge in [0.05, 0.1) is 11.6 Å². The lowest BCUT2D eigenvalue weighted by Gasteiger charge is -2.04. The highest BCUT2D eigenvalue weighted by atomic mass is 79.9. The highest BCUT2D eigenvalue weighted by Crippen LogP contribution is 2.13. The van der Waals surface area contributed by atoms with Gasteiger partial charge in [0.25, 0.3) is 0 Å². The van der Waals surface area contributed by atoms with Crippen molar-refractivity contribution >= 4 is 27.5 Å². The molecule has 1 heterocycles. The van der Waals surface area contributed by atoms with E-state index >= 15 is 0 Å². The molecule has 2 rings (SSSR count). The summed E-state index contributed by atoms with van der Waals surface area (Å²) in [6.45, 7) is 0.474. The lowest BCUT2D eigenvalue weighted by atomic mass is 10.2. The number of hydrogen-bond acceptors (Lipinski definition) is 3. The Bertz CT molecular complexity index is 473. The third kappa shape index (κ3) is 3.68. The molecule has 0 N–H and O–H groups in total. The summed E-state index contributed by atoms with van der Waals surface area (Å²) in [7, 11) is 0. The van der Waals surface area contributed by atoms with Crippen LogP contribution in [0.5, 0.6) is 5.88 Å². The Morgan fingerprint density at radius 2 is 1.82 bits per heavy atom. The van der Waals surface area contributed by atoms with Gasteiger partial charge >= 0.3 is 0 Å². The average molecular weight is 314 g/mol. The van der Waals surface area contributed by atoms with Gasteiger partial charge in [-0.05, 0) is 23.8 Å². The molecular formula is C12H10BrClN2O. The lowest BCUT2D eigenvalue weighted by Crippen LogP contribution is -1.99. The largest absolute Gasteiger partial charge is 0.472 e. The molecule has 0 fully saturated rings. The summed E-state index contributed by atoms with van der Waals surface area (Å²) < 4.78 is 6.55. The maximum Gasteiger partial charge on any atom is 0.233 e. The molecule has 0 aliphatic carbocycles. The van der Waals surface area contributed by atoms with Crippen molar-refractivity contribution in [3.05, 3.63) is 52.1 Å². The molecule has 0 atom stereocenters. The molecule has 1 aromatic heterocycles. The number of ether oxygens (including phenoxy) is 1. The summed E-state index contributed by atoms with van der Waals surface area (Å²) in [4.78, 5) is 0. The zero-order chi connectivity index (χ0) is 12.1. The second kappa shape index (κ2) is 5.98. The van der Waals surface area contributed by atoms with Crippen molar-refractivity contribution in [1.82, 2.24) is 10.2 Å². The molecule has 0 saturated carbocycles. The maximum atomic E-state index is 5.62. The van der Waals surface area contributed by atoms with Crippen LogP contribution in [0.4, 0.5) is 0 Å². The minimum Gasteiger partial charge on any atom is -0.472 e. The fourth-order valence-electron chi connectivity index (χ4n) is 1.23. The number of nitrogens with zero attached hydrogens (tertiary/aromatic N) is 2. The molecule has 0 aliphatic rings. The summed E-state index contributed by atoms with van der Waals surface area (Å²) in [6.07, 6.45) is 0. The Balaban J connectivity index is 1.95. The zero-order valence-corrected chi connectivity index (χ0v) is 11.3. The second-order valence-electron chi connectivity index (χ2n) is 3.41. The van der Waals surface area contributed by atoms with Crippen LogP contribution in [-0.4, -0.2) is 10.2 Å². The summed E-state index contributed by atoms with van der Waals surface area (Å²) in [6, 6.07) is 11.5. The highest BCUT2D eigenvalue weighted by Gasteiger charge is 1.99. The molecule has 0 bridgehead atoms. The van der Waals surface area contributed by atoms with Crippen molar-refractivity contribution in [2.45, 2.75) is 12.5 Å². The third-order valence-corrected chi connectivity index (χ3v) is 2.93. The normalized spacial score (nSPS) is 10.2. The van der Waals surface area contributed by atoms with Crippen molar-refractivity contribution in [1.29, 1.82) is 0 Å². The molecule has 0 aliphatic heterocycles. The fourth-order valence-corrected chi connectivity index (χ4v) is 1.64. The van der Waals surface area contributed by atoms with Crippen LogP contribution in [-0.2, 0) is 12.5 Å². The van der Waals surface area contributed by atoms with Crippen LogP contribution in [0.2, 0.25) is 0 Å². The van der Waals surface area contributed by atoms with Gasteiger partial charge in [-0.1, -0.05) is 28.1 Å². The van der Waals surface area contributed by atoms with Gasteiger partial charge in [0.15, 0.2) is 0 Å². The Labute approximate surface area is 113 Å². The molecule has 0 amide bonds. The zero-order valence-electron chi connectivity index (χ0n) is 8.94. The molecule has 0 spiro atoms. The van der Waals surface area contributed by atoms with Crippen LogP contribution in [0, 0.1) is 0 Å². The Hall–Kier alpha value is -1.13. The summed E-state index contributed by atoms with van der Waals surface area (Å²) in [5, 5.41) is 7.83. The first-order chi connectivity index (χ1) is 8.28. The first-order valence-corrected chi connectivity index (χ1v) is 6.36. The minimum atomic E-state index is 0.361. The predicted octanol–water partition coefficient (Wildman–Crippen LogP) is 3.56. The second-order valence-corrected chi connectivity index (χ2v) is 4.59. The van der Waals surface area contributed by atoms with Gasteiger partial charge in [-0.3, -0.25) is 0 Å². The third-order valence-electron chi connectivity index (χ3n) is 2.13. The van der Waals surface area contributed by atoms with Crippen molar-refractivity contribution in [2.75, 3.05) is 0 Å². The monoisotopic (exact) mass is 312 g/mol. The van der Waals surface area contributed by atoms with Crippen LogP contribution < -0.4 is 4.74 Å². The van der Waals surface area contributed by atoms with Gasteiger partial charge in [-0.25, -0.2) is 0 Å². The fraction of sp³-hybridized carbons (Fsp3) is 0.167. The number of hydrogen-bond donors (Lipinski definition) is 0. The van der Waals surface area contributed by atoms with Crippen LogP contribution in [0.15, 0.2) is 40.9 Å². The van der Waals surface area contributed by atoms with E-state index < -0.39 is 0 Å². The first kappa shape index (κ1) is 12.3. The molecule has 3 nitrogen and oxygen atoms in total. The van der Waals surface area contributed by atoms with E-state index in [4.69, 9.17) is 16.3 Å². The molecule has 0 radical (unpaired) electrons. The van der Waals surface area contributed by atoms with Gasteiger partial charge in [0, 0.05) is 10.5 Å².